The van der Waals surface area contributed by atoms with Crippen LogP contribution in [0.25, 0.3) is 0 Å². The number of rotatable bonds is 4. The van der Waals surface area contributed by atoms with Gasteiger partial charge in [-0.3, -0.25) is 19.5 Å². The van der Waals surface area contributed by atoms with Gasteiger partial charge in [-0.25, -0.2) is 0 Å². The summed E-state index contributed by atoms with van der Waals surface area (Å²) in [4.78, 5) is 26.7. The summed E-state index contributed by atoms with van der Waals surface area (Å²) in [5, 5.41) is 16.5. The van der Waals surface area contributed by atoms with Gasteiger partial charge in [0.2, 0.25) is 0 Å². The normalized spacial score (nSPS) is 25.0. The van der Waals surface area contributed by atoms with E-state index in [2.05, 4.69) is 9.88 Å². The van der Waals surface area contributed by atoms with Crippen molar-refractivity contribution in [2.45, 2.75) is 20.4 Å². The molecular weight excluding hydrogens is 328 g/mol. The van der Waals surface area contributed by atoms with Crippen LogP contribution in [-0.2, 0) is 20.9 Å². The van der Waals surface area contributed by atoms with E-state index in [0.717, 1.165) is 29.1 Å². The van der Waals surface area contributed by atoms with Gasteiger partial charge in [0.25, 0.3) is 6.47 Å². The van der Waals surface area contributed by atoms with E-state index < -0.39 is 11.4 Å². The fourth-order valence-corrected chi connectivity index (χ4v) is 3.70. The van der Waals surface area contributed by atoms with E-state index in [-0.39, 0.29) is 12.4 Å². The van der Waals surface area contributed by atoms with E-state index in [1.807, 2.05) is 20.0 Å². The van der Waals surface area contributed by atoms with Gasteiger partial charge in [0.05, 0.1) is 26.0 Å². The topological polar surface area (TPSA) is 109 Å². The highest BCUT2D eigenvalue weighted by molar-refractivity contribution is 5.76. The highest BCUT2D eigenvalue weighted by Gasteiger charge is 2.56. The number of pyridine rings is 1. The molecule has 1 aromatic heterocycles. The van der Waals surface area contributed by atoms with E-state index in [1.54, 1.807) is 7.11 Å². The second-order valence-corrected chi connectivity index (χ2v) is 6.49. The molecule has 3 rings (SSSR count). The number of fused-ring (bicyclic) bond motifs is 1. The first-order chi connectivity index (χ1) is 11.9. The molecule has 2 N–H and O–H groups in total. The molecule has 2 saturated heterocycles. The van der Waals surface area contributed by atoms with Crippen LogP contribution in [0.3, 0.4) is 0 Å². The van der Waals surface area contributed by atoms with Gasteiger partial charge in [0.1, 0.15) is 11.2 Å². The Morgan fingerprint density at radius 1 is 1.56 bits per heavy atom. The molecule has 2 aliphatic rings. The largest absolute Gasteiger partial charge is 0.496 e. The summed E-state index contributed by atoms with van der Waals surface area (Å²) in [6.07, 6.45) is 1.81. The maximum atomic E-state index is 11.7. The predicted molar refractivity (Wildman–Crippen MR) is 88.6 cm³/mol. The lowest BCUT2D eigenvalue weighted by Crippen LogP contribution is -2.39. The van der Waals surface area contributed by atoms with Crippen LogP contribution in [0.15, 0.2) is 6.20 Å². The Hall–Kier alpha value is -2.19. The number of nitrogens with zero attached hydrogens (tertiary/aromatic N) is 2. The molecule has 3 heterocycles. The van der Waals surface area contributed by atoms with Gasteiger partial charge in [-0.1, -0.05) is 0 Å². The molecule has 1 aromatic rings. The van der Waals surface area contributed by atoms with E-state index in [1.165, 1.54) is 0 Å². The smallest absolute Gasteiger partial charge is 0.313 e. The summed E-state index contributed by atoms with van der Waals surface area (Å²) in [5.41, 5.74) is 2.24. The molecule has 2 fully saturated rings. The first-order valence-electron chi connectivity index (χ1n) is 8.00. The Balaban J connectivity index is 0.000000701. The second kappa shape index (κ2) is 7.79. The summed E-state index contributed by atoms with van der Waals surface area (Å²) < 4.78 is 10.8. The van der Waals surface area contributed by atoms with Gasteiger partial charge in [-0.05, 0) is 13.8 Å². The zero-order chi connectivity index (χ0) is 18.6. The molecule has 0 bridgehead atoms. The zero-order valence-corrected chi connectivity index (χ0v) is 14.7. The Kier molecular flexibility index (Phi) is 5.97. The molecule has 8 heteroatoms. The van der Waals surface area contributed by atoms with Crippen LogP contribution < -0.4 is 4.74 Å². The number of methoxy groups -OCH3 is 1. The van der Waals surface area contributed by atoms with Crippen LogP contribution in [0, 0.1) is 25.2 Å². The van der Waals surface area contributed by atoms with Crippen LogP contribution in [-0.4, -0.2) is 66.0 Å². The van der Waals surface area contributed by atoms with Gasteiger partial charge in [0.15, 0.2) is 0 Å². The minimum atomic E-state index is -0.747. The average molecular weight is 352 g/mol. The van der Waals surface area contributed by atoms with Gasteiger partial charge < -0.3 is 19.7 Å². The van der Waals surface area contributed by atoms with Crippen LogP contribution in [0.2, 0.25) is 0 Å². The Labute approximate surface area is 146 Å². The number of carboxylic acid groups (broad SMARTS) is 2. The highest BCUT2D eigenvalue weighted by atomic mass is 16.5. The molecule has 25 heavy (non-hydrogen) atoms. The standard InChI is InChI=1S/C16H22N2O4.CH2O2/c1-10-4-17-13(11(2)14(10)21-3)6-18-5-12-7-22-9-16(12,8-18)15(19)20;2-1-3/h4,12H,5-9H2,1-3H3,(H,19,20);1H,(H,2,3)/t12-,16-;/m1./s1. The van der Waals surface area contributed by atoms with Crippen molar-refractivity contribution >= 4 is 12.4 Å². The number of aryl methyl sites for hydroxylation is 1. The van der Waals surface area contributed by atoms with E-state index >= 15 is 0 Å². The Bertz CT molecular complexity index is 650. The van der Waals surface area contributed by atoms with Crippen molar-refractivity contribution < 1.29 is 29.3 Å². The Morgan fingerprint density at radius 3 is 2.80 bits per heavy atom. The average Bonchev–Trinajstić information content (AvgIpc) is 3.09. The molecule has 0 spiro atoms. The quantitative estimate of drug-likeness (QED) is 0.771. The van der Waals surface area contributed by atoms with Gasteiger partial charge >= 0.3 is 5.97 Å². The fourth-order valence-electron chi connectivity index (χ4n) is 3.70. The van der Waals surface area contributed by atoms with E-state index in [4.69, 9.17) is 19.4 Å². The monoisotopic (exact) mass is 352 g/mol. The third kappa shape index (κ3) is 3.59. The number of hydrogen-bond donors (Lipinski definition) is 2. The number of hydrogen-bond acceptors (Lipinski definition) is 6. The van der Waals surface area contributed by atoms with Crippen molar-refractivity contribution in [3.05, 3.63) is 23.0 Å². The number of aliphatic carboxylic acids is 1. The van der Waals surface area contributed by atoms with Crippen molar-refractivity contribution in [2.24, 2.45) is 11.3 Å². The molecule has 0 saturated carbocycles. The molecule has 0 radical (unpaired) electrons. The zero-order valence-electron chi connectivity index (χ0n) is 14.7. The third-order valence-electron chi connectivity index (χ3n) is 4.99. The van der Waals surface area contributed by atoms with Gasteiger partial charge in [0, 0.05) is 42.9 Å². The molecule has 0 unspecified atom stereocenters. The minimum Gasteiger partial charge on any atom is -0.496 e. The van der Waals surface area contributed by atoms with Crippen LogP contribution >= 0.6 is 0 Å². The molecule has 0 aliphatic carbocycles. The molecular formula is C17H24N2O6. The van der Waals surface area contributed by atoms with Crippen molar-refractivity contribution in [1.29, 1.82) is 0 Å². The summed E-state index contributed by atoms with van der Waals surface area (Å²) in [5.74, 6) is 0.182. The molecule has 0 aromatic carbocycles. The maximum absolute atomic E-state index is 11.7. The molecule has 2 aliphatic heterocycles. The lowest BCUT2D eigenvalue weighted by atomic mass is 9.81. The summed E-state index contributed by atoms with van der Waals surface area (Å²) in [6, 6.07) is 0. The number of carboxylic acids is 1. The summed E-state index contributed by atoms with van der Waals surface area (Å²) >= 11 is 0. The highest BCUT2D eigenvalue weighted by Crippen LogP contribution is 2.42. The lowest BCUT2D eigenvalue weighted by Gasteiger charge is -2.22. The van der Waals surface area contributed by atoms with Crippen molar-refractivity contribution in [3.8, 4) is 5.75 Å². The SMILES string of the molecule is COc1c(C)cnc(CN2C[C@@H]3COC[C@]3(C(=O)O)C2)c1C.O=CO. The number of ether oxygens (including phenoxy) is 2. The first kappa shape index (κ1) is 19.1. The van der Waals surface area contributed by atoms with Gasteiger partial charge in [-0.2, -0.15) is 0 Å². The number of carbonyl (C=O) groups is 2. The summed E-state index contributed by atoms with van der Waals surface area (Å²) in [7, 11) is 1.66. The molecule has 0 amide bonds. The molecule has 2 atom stereocenters. The first-order valence-corrected chi connectivity index (χ1v) is 8.00. The van der Waals surface area contributed by atoms with Crippen molar-refractivity contribution in [3.63, 3.8) is 0 Å². The summed E-state index contributed by atoms with van der Waals surface area (Å²) in [6.45, 7) is 6.47. The lowest BCUT2D eigenvalue weighted by molar-refractivity contribution is -0.149. The van der Waals surface area contributed by atoms with Crippen molar-refractivity contribution in [1.82, 2.24) is 9.88 Å². The Morgan fingerprint density at radius 2 is 2.24 bits per heavy atom. The predicted octanol–water partition coefficient (Wildman–Crippen LogP) is 0.941. The van der Waals surface area contributed by atoms with E-state index in [0.29, 0.717) is 26.3 Å². The molecule has 8 nitrogen and oxygen atoms in total. The second-order valence-electron chi connectivity index (χ2n) is 6.49. The fraction of sp³-hybridized carbons (Fsp3) is 0.588. The van der Waals surface area contributed by atoms with Gasteiger partial charge in [-0.15, -0.1) is 0 Å². The minimum absolute atomic E-state index is 0.0673. The van der Waals surface area contributed by atoms with Crippen molar-refractivity contribution in [2.75, 3.05) is 33.4 Å². The third-order valence-corrected chi connectivity index (χ3v) is 4.99. The van der Waals surface area contributed by atoms with Crippen LogP contribution in [0.5, 0.6) is 5.75 Å². The number of aromatic nitrogens is 1. The molecule has 138 valence electrons. The van der Waals surface area contributed by atoms with Crippen LogP contribution in [0.1, 0.15) is 16.8 Å². The van der Waals surface area contributed by atoms with Crippen LogP contribution in [0.4, 0.5) is 0 Å². The number of likely N-dealkylation sites (tertiary alicyclic amines) is 1. The van der Waals surface area contributed by atoms with E-state index in [9.17, 15) is 9.90 Å². The maximum Gasteiger partial charge on any atom is 0.313 e.